The van der Waals surface area contributed by atoms with Crippen molar-refractivity contribution in [2.75, 3.05) is 25.5 Å². The SMILES string of the molecule is COc1ccc(NCCC(C)(C)CN)cc1F. The molecule has 1 rings (SSSR count). The molecule has 0 saturated carbocycles. The third kappa shape index (κ3) is 4.23. The minimum Gasteiger partial charge on any atom is -0.494 e. The normalized spacial score (nSPS) is 11.4. The second-order valence-corrected chi connectivity index (χ2v) is 4.89. The summed E-state index contributed by atoms with van der Waals surface area (Å²) in [6, 6.07) is 4.86. The molecule has 0 saturated heterocycles. The molecule has 0 aliphatic heterocycles. The summed E-state index contributed by atoms with van der Waals surface area (Å²) in [7, 11) is 1.45. The topological polar surface area (TPSA) is 47.3 Å². The first-order valence-corrected chi connectivity index (χ1v) is 5.76. The Labute approximate surface area is 102 Å². The first-order chi connectivity index (χ1) is 7.98. The minimum atomic E-state index is -0.351. The van der Waals surface area contributed by atoms with Gasteiger partial charge < -0.3 is 15.8 Å². The van der Waals surface area contributed by atoms with Gasteiger partial charge in [0.25, 0.3) is 0 Å². The Hall–Kier alpha value is -1.29. The van der Waals surface area contributed by atoms with Gasteiger partial charge in [0.2, 0.25) is 0 Å². The standard InChI is InChI=1S/C13H21FN2O/c1-13(2,9-15)6-7-16-10-4-5-12(17-3)11(14)8-10/h4-5,8,16H,6-7,9,15H2,1-3H3. The number of hydrogen-bond donors (Lipinski definition) is 2. The van der Waals surface area contributed by atoms with Gasteiger partial charge in [-0.2, -0.15) is 0 Å². The van der Waals surface area contributed by atoms with Crippen LogP contribution in [-0.4, -0.2) is 20.2 Å². The maximum absolute atomic E-state index is 13.4. The summed E-state index contributed by atoms with van der Waals surface area (Å²) >= 11 is 0. The van der Waals surface area contributed by atoms with Gasteiger partial charge in [-0.1, -0.05) is 13.8 Å². The number of rotatable bonds is 6. The van der Waals surface area contributed by atoms with Crippen LogP contribution in [0.3, 0.4) is 0 Å². The van der Waals surface area contributed by atoms with Gasteiger partial charge in [0.1, 0.15) is 0 Å². The van der Waals surface area contributed by atoms with Crippen molar-refractivity contribution in [3.8, 4) is 5.75 Å². The molecule has 0 spiro atoms. The van der Waals surface area contributed by atoms with Crippen molar-refractivity contribution < 1.29 is 9.13 Å². The van der Waals surface area contributed by atoms with Crippen molar-refractivity contribution in [2.24, 2.45) is 11.1 Å². The number of anilines is 1. The molecule has 1 aromatic carbocycles. The van der Waals surface area contributed by atoms with E-state index < -0.39 is 0 Å². The van der Waals surface area contributed by atoms with Gasteiger partial charge in [0.05, 0.1) is 7.11 Å². The molecule has 0 atom stereocenters. The molecule has 3 N–H and O–H groups in total. The van der Waals surface area contributed by atoms with E-state index in [2.05, 4.69) is 19.2 Å². The lowest BCUT2D eigenvalue weighted by atomic mass is 9.90. The summed E-state index contributed by atoms with van der Waals surface area (Å²) in [4.78, 5) is 0. The molecule has 0 unspecified atom stereocenters. The quantitative estimate of drug-likeness (QED) is 0.803. The van der Waals surface area contributed by atoms with Crippen LogP contribution in [0.1, 0.15) is 20.3 Å². The fraction of sp³-hybridized carbons (Fsp3) is 0.538. The molecule has 0 amide bonds. The monoisotopic (exact) mass is 240 g/mol. The van der Waals surface area contributed by atoms with Crippen LogP contribution < -0.4 is 15.8 Å². The van der Waals surface area contributed by atoms with Crippen molar-refractivity contribution in [2.45, 2.75) is 20.3 Å². The van der Waals surface area contributed by atoms with E-state index in [0.29, 0.717) is 6.54 Å². The predicted octanol–water partition coefficient (Wildman–Crippen LogP) is 2.62. The molecule has 0 aliphatic carbocycles. The molecule has 0 aromatic heterocycles. The summed E-state index contributed by atoms with van der Waals surface area (Å²) in [5, 5.41) is 3.18. The lowest BCUT2D eigenvalue weighted by molar-refractivity contribution is 0.358. The molecule has 0 radical (unpaired) electrons. The number of benzene rings is 1. The van der Waals surface area contributed by atoms with Gasteiger partial charge in [-0.25, -0.2) is 4.39 Å². The number of ether oxygens (including phenoxy) is 1. The second-order valence-electron chi connectivity index (χ2n) is 4.89. The number of hydrogen-bond acceptors (Lipinski definition) is 3. The van der Waals surface area contributed by atoms with E-state index in [1.165, 1.54) is 13.2 Å². The Bertz CT molecular complexity index is 366. The lowest BCUT2D eigenvalue weighted by Crippen LogP contribution is -2.26. The van der Waals surface area contributed by atoms with Crippen LogP contribution in [0.5, 0.6) is 5.75 Å². The zero-order valence-electron chi connectivity index (χ0n) is 10.7. The van der Waals surface area contributed by atoms with Crippen LogP contribution in [0.15, 0.2) is 18.2 Å². The fourth-order valence-electron chi connectivity index (χ4n) is 1.42. The van der Waals surface area contributed by atoms with Crippen LogP contribution in [0.4, 0.5) is 10.1 Å². The smallest absolute Gasteiger partial charge is 0.167 e. The third-order valence-corrected chi connectivity index (χ3v) is 2.84. The highest BCUT2D eigenvalue weighted by Gasteiger charge is 2.14. The number of nitrogens with one attached hydrogen (secondary N) is 1. The maximum Gasteiger partial charge on any atom is 0.167 e. The Balaban J connectivity index is 2.50. The molecule has 0 fully saturated rings. The Morgan fingerprint density at radius 3 is 2.65 bits per heavy atom. The summed E-state index contributed by atoms with van der Waals surface area (Å²) < 4.78 is 18.2. The molecular weight excluding hydrogens is 219 g/mol. The summed E-state index contributed by atoms with van der Waals surface area (Å²) in [5.41, 5.74) is 6.51. The van der Waals surface area contributed by atoms with Gasteiger partial charge in [-0.15, -0.1) is 0 Å². The molecular formula is C13H21FN2O. The number of halogens is 1. The van der Waals surface area contributed by atoms with Crippen molar-refractivity contribution in [1.82, 2.24) is 0 Å². The maximum atomic E-state index is 13.4. The average Bonchev–Trinajstić information content (AvgIpc) is 2.29. The van der Waals surface area contributed by atoms with Crippen molar-refractivity contribution >= 4 is 5.69 Å². The molecule has 0 heterocycles. The third-order valence-electron chi connectivity index (χ3n) is 2.84. The highest BCUT2D eigenvalue weighted by atomic mass is 19.1. The minimum absolute atomic E-state index is 0.109. The highest BCUT2D eigenvalue weighted by molar-refractivity contribution is 5.47. The molecule has 0 bridgehead atoms. The Morgan fingerprint density at radius 2 is 2.12 bits per heavy atom. The molecule has 1 aromatic rings. The first-order valence-electron chi connectivity index (χ1n) is 5.76. The Kier molecular flexibility index (Phi) is 4.75. The van der Waals surface area contributed by atoms with Crippen LogP contribution >= 0.6 is 0 Å². The number of methoxy groups -OCH3 is 1. The van der Waals surface area contributed by atoms with Crippen molar-refractivity contribution in [1.29, 1.82) is 0 Å². The van der Waals surface area contributed by atoms with E-state index in [1.54, 1.807) is 12.1 Å². The van der Waals surface area contributed by atoms with Crippen LogP contribution in [0.2, 0.25) is 0 Å². The van der Waals surface area contributed by atoms with Crippen molar-refractivity contribution in [3.63, 3.8) is 0 Å². The van der Waals surface area contributed by atoms with Crippen LogP contribution in [0, 0.1) is 11.2 Å². The van der Waals surface area contributed by atoms with E-state index in [1.807, 2.05) is 0 Å². The molecule has 3 nitrogen and oxygen atoms in total. The predicted molar refractivity (Wildman–Crippen MR) is 68.9 cm³/mol. The van der Waals surface area contributed by atoms with Gasteiger partial charge in [0, 0.05) is 18.3 Å². The van der Waals surface area contributed by atoms with E-state index >= 15 is 0 Å². The molecule has 96 valence electrons. The van der Waals surface area contributed by atoms with Crippen molar-refractivity contribution in [3.05, 3.63) is 24.0 Å². The lowest BCUT2D eigenvalue weighted by Gasteiger charge is -2.22. The molecule has 0 aliphatic rings. The van der Waals surface area contributed by atoms with Gasteiger partial charge in [0.15, 0.2) is 11.6 Å². The summed E-state index contributed by atoms with van der Waals surface area (Å²) in [5.74, 6) is -0.0894. The molecule has 17 heavy (non-hydrogen) atoms. The first kappa shape index (κ1) is 13.8. The zero-order valence-corrected chi connectivity index (χ0v) is 10.7. The van der Waals surface area contributed by atoms with Crippen LogP contribution in [0.25, 0.3) is 0 Å². The summed E-state index contributed by atoms with van der Waals surface area (Å²) in [6.07, 6.45) is 0.942. The van der Waals surface area contributed by atoms with E-state index in [9.17, 15) is 4.39 Å². The van der Waals surface area contributed by atoms with E-state index in [-0.39, 0.29) is 17.0 Å². The largest absolute Gasteiger partial charge is 0.494 e. The highest BCUT2D eigenvalue weighted by Crippen LogP contribution is 2.22. The van der Waals surface area contributed by atoms with Crippen LogP contribution in [-0.2, 0) is 0 Å². The van der Waals surface area contributed by atoms with Gasteiger partial charge in [-0.3, -0.25) is 0 Å². The average molecular weight is 240 g/mol. The van der Waals surface area contributed by atoms with Gasteiger partial charge in [-0.05, 0) is 30.5 Å². The molecule has 4 heteroatoms. The summed E-state index contributed by atoms with van der Waals surface area (Å²) in [6.45, 7) is 5.65. The van der Waals surface area contributed by atoms with E-state index in [0.717, 1.165) is 18.7 Å². The fourth-order valence-corrected chi connectivity index (χ4v) is 1.42. The van der Waals surface area contributed by atoms with E-state index in [4.69, 9.17) is 10.5 Å². The second kappa shape index (κ2) is 5.87. The Morgan fingerprint density at radius 1 is 1.41 bits per heavy atom. The zero-order chi connectivity index (χ0) is 12.9. The van der Waals surface area contributed by atoms with Gasteiger partial charge >= 0.3 is 0 Å². The number of nitrogens with two attached hydrogens (primary N) is 1.